The van der Waals surface area contributed by atoms with E-state index in [1.807, 2.05) is 13.8 Å². The Labute approximate surface area is 77.4 Å². The molecule has 0 saturated heterocycles. The summed E-state index contributed by atoms with van der Waals surface area (Å²) < 4.78 is 0. The second kappa shape index (κ2) is 7.15. The topological polar surface area (TPSA) is 0 Å². The second-order valence-corrected chi connectivity index (χ2v) is 3.01. The second-order valence-electron chi connectivity index (χ2n) is 3.01. The predicted molar refractivity (Wildman–Crippen MR) is 57.3 cm³/mol. The maximum atomic E-state index is 2.26. The summed E-state index contributed by atoms with van der Waals surface area (Å²) in [4.78, 5) is 0. The van der Waals surface area contributed by atoms with Crippen molar-refractivity contribution in [1.29, 1.82) is 0 Å². The molecule has 0 saturated carbocycles. The third kappa shape index (κ3) is 3.75. The molecule has 0 aromatic rings. The largest absolute Gasteiger partial charge is 0.0874 e. The molecule has 12 heavy (non-hydrogen) atoms. The Kier molecular flexibility index (Phi) is 6.84. The fourth-order valence-electron chi connectivity index (χ4n) is 1.51. The number of hydrogen-bond donors (Lipinski definition) is 0. The van der Waals surface area contributed by atoms with Crippen LogP contribution < -0.4 is 0 Å². The summed E-state index contributed by atoms with van der Waals surface area (Å²) in [5.41, 5.74) is 3.18. The molecule has 0 amide bonds. The van der Waals surface area contributed by atoms with E-state index in [-0.39, 0.29) is 0 Å². The monoisotopic (exact) mass is 166 g/mol. The SMILES string of the molecule is C/C=C\C1=C(C)CCCC1.CC. The van der Waals surface area contributed by atoms with E-state index in [4.69, 9.17) is 0 Å². The smallest absolute Gasteiger partial charge is 0.0279 e. The normalized spacial score (nSPS) is 17.7. The molecule has 0 nitrogen and oxygen atoms in total. The minimum atomic E-state index is 1.30. The molecule has 0 aliphatic heterocycles. The molecule has 0 heterocycles. The van der Waals surface area contributed by atoms with E-state index >= 15 is 0 Å². The van der Waals surface area contributed by atoms with Crippen LogP contribution in [0.5, 0.6) is 0 Å². The zero-order valence-electron chi connectivity index (χ0n) is 8.98. The van der Waals surface area contributed by atoms with Gasteiger partial charge < -0.3 is 0 Å². The Morgan fingerprint density at radius 2 is 1.67 bits per heavy atom. The molecule has 0 heteroatoms. The Morgan fingerprint density at radius 1 is 1.08 bits per heavy atom. The van der Waals surface area contributed by atoms with Crippen molar-refractivity contribution in [1.82, 2.24) is 0 Å². The van der Waals surface area contributed by atoms with E-state index in [9.17, 15) is 0 Å². The van der Waals surface area contributed by atoms with Crippen LogP contribution in [0, 0.1) is 0 Å². The molecule has 70 valence electrons. The van der Waals surface area contributed by atoms with E-state index in [0.717, 1.165) is 0 Å². The van der Waals surface area contributed by atoms with Crippen LogP contribution in [0.2, 0.25) is 0 Å². The lowest BCUT2D eigenvalue weighted by molar-refractivity contribution is 0.683. The molecule has 0 fully saturated rings. The van der Waals surface area contributed by atoms with Gasteiger partial charge in [0.1, 0.15) is 0 Å². The van der Waals surface area contributed by atoms with E-state index in [0.29, 0.717) is 0 Å². The molecule has 0 aromatic heterocycles. The summed E-state index contributed by atoms with van der Waals surface area (Å²) in [5, 5.41) is 0. The summed E-state index contributed by atoms with van der Waals surface area (Å²) in [6, 6.07) is 0. The first-order valence-corrected chi connectivity index (χ1v) is 5.16. The summed E-state index contributed by atoms with van der Waals surface area (Å²) in [7, 11) is 0. The first-order chi connectivity index (χ1) is 5.84. The first kappa shape index (κ1) is 11.5. The summed E-state index contributed by atoms with van der Waals surface area (Å²) in [6.07, 6.45) is 9.80. The Bertz CT molecular complexity index is 161. The van der Waals surface area contributed by atoms with Gasteiger partial charge in [0.15, 0.2) is 0 Å². The first-order valence-electron chi connectivity index (χ1n) is 5.16. The van der Waals surface area contributed by atoms with E-state index in [1.165, 1.54) is 25.7 Å². The quantitative estimate of drug-likeness (QED) is 0.539. The van der Waals surface area contributed by atoms with Gasteiger partial charge in [-0.1, -0.05) is 31.6 Å². The molecular formula is C12H22. The molecule has 0 bridgehead atoms. The number of hydrogen-bond acceptors (Lipinski definition) is 0. The van der Waals surface area contributed by atoms with Crippen LogP contribution in [0.25, 0.3) is 0 Å². The molecular weight excluding hydrogens is 144 g/mol. The summed E-state index contributed by atoms with van der Waals surface area (Å²) >= 11 is 0. The molecule has 0 unspecified atom stereocenters. The zero-order chi connectivity index (χ0) is 9.40. The minimum absolute atomic E-state index is 1.30. The molecule has 0 N–H and O–H groups in total. The average molecular weight is 166 g/mol. The third-order valence-electron chi connectivity index (χ3n) is 2.16. The van der Waals surface area contributed by atoms with Crippen molar-refractivity contribution in [3.8, 4) is 0 Å². The van der Waals surface area contributed by atoms with Crippen molar-refractivity contribution in [3.05, 3.63) is 23.3 Å². The average Bonchev–Trinajstić information content (AvgIpc) is 2.13. The van der Waals surface area contributed by atoms with Gasteiger partial charge in [-0.25, -0.2) is 0 Å². The Morgan fingerprint density at radius 3 is 2.17 bits per heavy atom. The highest BCUT2D eigenvalue weighted by Crippen LogP contribution is 2.24. The van der Waals surface area contributed by atoms with Gasteiger partial charge in [-0.05, 0) is 45.1 Å². The Balaban J connectivity index is 0.000000561. The van der Waals surface area contributed by atoms with Crippen molar-refractivity contribution in [2.45, 2.75) is 53.4 Å². The fraction of sp³-hybridized carbons (Fsp3) is 0.667. The standard InChI is InChI=1S/C10H16.C2H6/c1-3-6-10-8-5-4-7-9(10)2;1-2/h3,6H,4-5,7-8H2,1-2H3;1-2H3/b6-3-;. The maximum Gasteiger partial charge on any atom is -0.0279 e. The van der Waals surface area contributed by atoms with Crippen LogP contribution in [-0.4, -0.2) is 0 Å². The number of allylic oxidation sites excluding steroid dienone is 4. The van der Waals surface area contributed by atoms with E-state index < -0.39 is 0 Å². The molecule has 1 aliphatic carbocycles. The highest BCUT2D eigenvalue weighted by Gasteiger charge is 2.04. The van der Waals surface area contributed by atoms with Gasteiger partial charge in [0.25, 0.3) is 0 Å². The van der Waals surface area contributed by atoms with Gasteiger partial charge in [-0.3, -0.25) is 0 Å². The van der Waals surface area contributed by atoms with Crippen molar-refractivity contribution in [2.24, 2.45) is 0 Å². The molecule has 0 aromatic carbocycles. The Hall–Kier alpha value is -0.520. The van der Waals surface area contributed by atoms with Gasteiger partial charge in [-0.15, -0.1) is 0 Å². The van der Waals surface area contributed by atoms with Crippen molar-refractivity contribution in [2.75, 3.05) is 0 Å². The zero-order valence-corrected chi connectivity index (χ0v) is 8.98. The summed E-state index contributed by atoms with van der Waals surface area (Å²) in [5.74, 6) is 0. The van der Waals surface area contributed by atoms with Gasteiger partial charge in [0.2, 0.25) is 0 Å². The van der Waals surface area contributed by atoms with Crippen LogP contribution in [0.1, 0.15) is 53.4 Å². The number of rotatable bonds is 1. The lowest BCUT2D eigenvalue weighted by Gasteiger charge is -2.13. The van der Waals surface area contributed by atoms with Crippen LogP contribution in [0.4, 0.5) is 0 Å². The highest BCUT2D eigenvalue weighted by molar-refractivity contribution is 5.25. The maximum absolute atomic E-state index is 2.26. The summed E-state index contributed by atoms with van der Waals surface area (Å²) in [6.45, 7) is 8.35. The van der Waals surface area contributed by atoms with Gasteiger partial charge >= 0.3 is 0 Å². The third-order valence-corrected chi connectivity index (χ3v) is 2.16. The molecule has 1 aliphatic rings. The minimum Gasteiger partial charge on any atom is -0.0874 e. The van der Waals surface area contributed by atoms with Gasteiger partial charge in [-0.2, -0.15) is 0 Å². The van der Waals surface area contributed by atoms with Crippen LogP contribution >= 0.6 is 0 Å². The molecule has 0 radical (unpaired) electrons. The molecule has 0 spiro atoms. The van der Waals surface area contributed by atoms with Crippen LogP contribution in [-0.2, 0) is 0 Å². The lowest BCUT2D eigenvalue weighted by Crippen LogP contribution is -1.94. The lowest BCUT2D eigenvalue weighted by atomic mass is 9.93. The van der Waals surface area contributed by atoms with Crippen molar-refractivity contribution >= 4 is 0 Å². The fourth-order valence-corrected chi connectivity index (χ4v) is 1.51. The van der Waals surface area contributed by atoms with E-state index in [2.05, 4.69) is 26.0 Å². The molecule has 1 rings (SSSR count). The van der Waals surface area contributed by atoms with Crippen molar-refractivity contribution in [3.63, 3.8) is 0 Å². The van der Waals surface area contributed by atoms with E-state index in [1.54, 1.807) is 11.1 Å². The van der Waals surface area contributed by atoms with Gasteiger partial charge in [0, 0.05) is 0 Å². The van der Waals surface area contributed by atoms with Crippen LogP contribution in [0.15, 0.2) is 23.3 Å². The highest BCUT2D eigenvalue weighted by atomic mass is 14.1. The predicted octanol–water partition coefficient (Wildman–Crippen LogP) is 4.48. The van der Waals surface area contributed by atoms with Gasteiger partial charge in [0.05, 0.1) is 0 Å². The van der Waals surface area contributed by atoms with Crippen molar-refractivity contribution < 1.29 is 0 Å². The molecule has 0 atom stereocenters. The van der Waals surface area contributed by atoms with Crippen LogP contribution in [0.3, 0.4) is 0 Å².